The first-order valence-corrected chi connectivity index (χ1v) is 6.63. The second-order valence-electron chi connectivity index (χ2n) is 4.41. The van der Waals surface area contributed by atoms with Gasteiger partial charge in [0.25, 0.3) is 17.4 Å². The van der Waals surface area contributed by atoms with Crippen molar-refractivity contribution in [1.82, 2.24) is 9.88 Å². The van der Waals surface area contributed by atoms with Crippen molar-refractivity contribution in [3.63, 3.8) is 0 Å². The van der Waals surface area contributed by atoms with E-state index in [4.69, 9.17) is 17.3 Å². The van der Waals surface area contributed by atoms with Crippen LogP contribution < -0.4 is 16.6 Å². The van der Waals surface area contributed by atoms with Gasteiger partial charge in [-0.25, -0.2) is 0 Å². The summed E-state index contributed by atoms with van der Waals surface area (Å²) in [5.41, 5.74) is 5.72. The summed E-state index contributed by atoms with van der Waals surface area (Å²) < 4.78 is 1.12. The summed E-state index contributed by atoms with van der Waals surface area (Å²) in [6.07, 6.45) is 0. The van der Waals surface area contributed by atoms with Gasteiger partial charge in [0.15, 0.2) is 0 Å². The van der Waals surface area contributed by atoms with Crippen LogP contribution in [-0.4, -0.2) is 16.4 Å². The first-order chi connectivity index (χ1) is 9.90. The Morgan fingerprint density at radius 2 is 1.86 bits per heavy atom. The number of fused-ring (bicyclic) bond motifs is 1. The number of halogens is 1. The Labute approximate surface area is 128 Å². The van der Waals surface area contributed by atoms with Crippen LogP contribution in [0.4, 0.5) is 5.82 Å². The third-order valence-corrected chi connectivity index (χ3v) is 3.72. The predicted molar refractivity (Wildman–Crippen MR) is 80.5 cm³/mol. The molecule has 0 radical (unpaired) electrons. The molecule has 0 bridgehead atoms. The number of carbonyl (C=O) groups excluding carboxylic acids is 2. The van der Waals surface area contributed by atoms with E-state index in [1.165, 1.54) is 0 Å². The number of benzene rings is 1. The number of hydrogen-bond acceptors (Lipinski definition) is 5. The van der Waals surface area contributed by atoms with Crippen molar-refractivity contribution in [1.29, 1.82) is 0 Å². The molecule has 0 saturated heterocycles. The van der Waals surface area contributed by atoms with Gasteiger partial charge >= 0.3 is 0 Å². The zero-order valence-electron chi connectivity index (χ0n) is 10.4. The summed E-state index contributed by atoms with van der Waals surface area (Å²) >= 11 is 10.1. The minimum atomic E-state index is -0.631. The van der Waals surface area contributed by atoms with E-state index >= 15 is 0 Å². The molecule has 8 heteroatoms. The van der Waals surface area contributed by atoms with Gasteiger partial charge in [-0.1, -0.05) is 11.6 Å². The van der Waals surface area contributed by atoms with E-state index in [0.717, 1.165) is 10.6 Å². The molecule has 1 aliphatic rings. The van der Waals surface area contributed by atoms with Crippen LogP contribution in [0.15, 0.2) is 34.0 Å². The van der Waals surface area contributed by atoms with E-state index in [9.17, 15) is 14.4 Å². The molecule has 2 aromatic rings. The van der Waals surface area contributed by atoms with Crippen LogP contribution in [-0.2, 0) is 0 Å². The number of rotatable bonds is 1. The number of hydrogen-bond donors (Lipinski definition) is 3. The van der Waals surface area contributed by atoms with Gasteiger partial charge in [-0.3, -0.25) is 24.3 Å². The number of thiol groups is 1. The Morgan fingerprint density at radius 3 is 2.52 bits per heavy atom. The molecule has 0 spiro atoms. The molecule has 3 rings (SSSR count). The summed E-state index contributed by atoms with van der Waals surface area (Å²) in [5, 5.41) is 2.55. The average Bonchev–Trinajstić information content (AvgIpc) is 2.67. The topological polar surface area (TPSA) is 94.2 Å². The Kier molecular flexibility index (Phi) is 3.03. The maximum absolute atomic E-state index is 12.2. The van der Waals surface area contributed by atoms with Gasteiger partial charge in [0.1, 0.15) is 5.82 Å². The molecule has 1 aromatic heterocycles. The fourth-order valence-electron chi connectivity index (χ4n) is 2.21. The average molecular weight is 322 g/mol. The second-order valence-corrected chi connectivity index (χ2v) is 5.33. The lowest BCUT2D eigenvalue weighted by molar-refractivity contribution is 0.0880. The van der Waals surface area contributed by atoms with Crippen LogP contribution in [0.2, 0.25) is 5.02 Å². The fourth-order valence-corrected chi connectivity index (χ4v) is 2.78. The predicted octanol–water partition coefficient (Wildman–Crippen LogP) is 1.25. The lowest BCUT2D eigenvalue weighted by Crippen LogP contribution is -2.24. The van der Waals surface area contributed by atoms with Crippen LogP contribution in [0, 0.1) is 0 Å². The number of imide groups is 1. The highest BCUT2D eigenvalue weighted by molar-refractivity contribution is 7.80. The van der Waals surface area contributed by atoms with Crippen molar-refractivity contribution in [2.45, 2.75) is 4.90 Å². The Hall–Kier alpha value is -2.25. The molecule has 1 aliphatic heterocycles. The molecule has 6 nitrogen and oxygen atoms in total. The van der Waals surface area contributed by atoms with Crippen LogP contribution in [0.5, 0.6) is 0 Å². The van der Waals surface area contributed by atoms with Crippen LogP contribution in [0.3, 0.4) is 0 Å². The monoisotopic (exact) mass is 321 g/mol. The molecule has 2 amide bonds. The maximum Gasteiger partial charge on any atom is 0.262 e. The van der Waals surface area contributed by atoms with E-state index < -0.39 is 17.4 Å². The number of nitrogen functional groups attached to an aromatic ring is 1. The molecule has 21 heavy (non-hydrogen) atoms. The van der Waals surface area contributed by atoms with Crippen molar-refractivity contribution in [2.75, 3.05) is 5.73 Å². The molecule has 0 atom stereocenters. The molecule has 2 heterocycles. The molecule has 0 fully saturated rings. The van der Waals surface area contributed by atoms with Crippen LogP contribution in [0.1, 0.15) is 20.7 Å². The minimum absolute atomic E-state index is 0.0118. The fraction of sp³-hybridized carbons (Fsp3) is 0. The molecular weight excluding hydrogens is 314 g/mol. The number of carbonyl (C=O) groups is 2. The second kappa shape index (κ2) is 4.64. The Balaban J connectivity index is 2.35. The lowest BCUT2D eigenvalue weighted by Gasteiger charge is -2.13. The molecule has 106 valence electrons. The smallest absolute Gasteiger partial charge is 0.262 e. The Bertz CT molecular complexity index is 876. The van der Waals surface area contributed by atoms with Crippen LogP contribution >= 0.6 is 24.2 Å². The summed E-state index contributed by atoms with van der Waals surface area (Å²) in [6.45, 7) is 0. The highest BCUT2D eigenvalue weighted by Gasteiger charge is 2.32. The van der Waals surface area contributed by atoms with E-state index in [1.54, 1.807) is 18.2 Å². The molecular formula is C13H8ClN3O3S. The zero-order chi connectivity index (χ0) is 15.3. The molecule has 0 unspecified atom stereocenters. The first-order valence-electron chi connectivity index (χ1n) is 5.80. The molecule has 0 saturated carbocycles. The van der Waals surface area contributed by atoms with Gasteiger partial charge in [0.2, 0.25) is 0 Å². The van der Waals surface area contributed by atoms with Gasteiger partial charge in [0, 0.05) is 16.0 Å². The van der Waals surface area contributed by atoms with Crippen LogP contribution in [0.25, 0.3) is 5.69 Å². The summed E-state index contributed by atoms with van der Waals surface area (Å²) in [5.74, 6) is -1.37. The maximum atomic E-state index is 12.2. The number of nitrogens with two attached hydrogens (primary N) is 1. The van der Waals surface area contributed by atoms with Crippen molar-refractivity contribution in [3.05, 3.63) is 50.8 Å². The highest BCUT2D eigenvalue weighted by atomic mass is 35.5. The Morgan fingerprint density at radius 1 is 1.14 bits per heavy atom. The highest BCUT2D eigenvalue weighted by Crippen LogP contribution is 2.27. The SMILES string of the molecule is Nc1c2c(cc(=O)n1-c1ccc(Cl)cc1S)C(=O)NC2=O. The first kappa shape index (κ1) is 13.7. The van der Waals surface area contributed by atoms with Crippen molar-refractivity contribution < 1.29 is 9.59 Å². The molecule has 0 aliphatic carbocycles. The standard InChI is InChI=1S/C13H8ClN3O3S/c14-5-1-2-7(8(21)3-5)17-9(18)4-6-10(11(17)15)13(20)16-12(6)19/h1-4,21H,15H2,(H,16,19,20). The van der Waals surface area contributed by atoms with Gasteiger partial charge in [-0.2, -0.15) is 0 Å². The summed E-state index contributed by atoms with van der Waals surface area (Å²) in [7, 11) is 0. The van der Waals surface area contributed by atoms with E-state index in [-0.39, 0.29) is 16.9 Å². The quantitative estimate of drug-likeness (QED) is 0.544. The van der Waals surface area contributed by atoms with Crippen molar-refractivity contribution in [3.8, 4) is 5.69 Å². The lowest BCUT2D eigenvalue weighted by atomic mass is 10.1. The van der Waals surface area contributed by atoms with E-state index in [2.05, 4.69) is 17.9 Å². The van der Waals surface area contributed by atoms with Gasteiger partial charge < -0.3 is 5.73 Å². The number of amides is 2. The van der Waals surface area contributed by atoms with Gasteiger partial charge in [-0.05, 0) is 18.2 Å². The minimum Gasteiger partial charge on any atom is -0.384 e. The van der Waals surface area contributed by atoms with Gasteiger partial charge in [0.05, 0.1) is 16.8 Å². The number of aromatic nitrogens is 1. The number of anilines is 1. The number of nitrogens with one attached hydrogen (secondary N) is 1. The third-order valence-electron chi connectivity index (χ3n) is 3.13. The zero-order valence-corrected chi connectivity index (χ0v) is 12.0. The van der Waals surface area contributed by atoms with Crippen molar-refractivity contribution >= 4 is 41.9 Å². The third kappa shape index (κ3) is 2.01. The molecule has 3 N–H and O–H groups in total. The number of pyridine rings is 1. The molecule has 1 aromatic carbocycles. The van der Waals surface area contributed by atoms with Gasteiger partial charge in [-0.15, -0.1) is 12.6 Å². The van der Waals surface area contributed by atoms with E-state index in [0.29, 0.717) is 15.6 Å². The summed E-state index contributed by atoms with van der Waals surface area (Å²) in [4.78, 5) is 36.0. The van der Waals surface area contributed by atoms with E-state index in [1.807, 2.05) is 0 Å². The summed E-state index contributed by atoms with van der Waals surface area (Å²) in [6, 6.07) is 5.75. The number of nitrogens with zero attached hydrogens (tertiary/aromatic N) is 1. The normalized spacial score (nSPS) is 13.2. The largest absolute Gasteiger partial charge is 0.384 e. The van der Waals surface area contributed by atoms with Crippen molar-refractivity contribution in [2.24, 2.45) is 0 Å².